The molecule has 0 aliphatic rings. The molecule has 2 rings (SSSR count). The van der Waals surface area contributed by atoms with Crippen molar-refractivity contribution in [2.45, 2.75) is 38.6 Å². The number of hydrogen-bond donors (Lipinski definition) is 1. The molecule has 0 aromatic heterocycles. The van der Waals surface area contributed by atoms with E-state index in [0.29, 0.717) is 11.1 Å². The van der Waals surface area contributed by atoms with Gasteiger partial charge in [0.25, 0.3) is 5.91 Å². The summed E-state index contributed by atoms with van der Waals surface area (Å²) in [6.45, 7) is 7.47. The van der Waals surface area contributed by atoms with Crippen molar-refractivity contribution >= 4 is 15.9 Å². The first kappa shape index (κ1) is 20.1. The molecule has 2 aromatic carbocycles. The standard InChI is InChI=1S/C20H26N2O3S/c1-13-7-9-17(10-8-13)16(4)21-20(23)18-11-14(2)15(3)19(12-18)26(24,25)22(5)6/h7-12,16H,1-6H3,(H,21,23). The van der Waals surface area contributed by atoms with Gasteiger partial charge in [-0.2, -0.15) is 0 Å². The van der Waals surface area contributed by atoms with Crippen molar-refractivity contribution < 1.29 is 13.2 Å². The van der Waals surface area contributed by atoms with E-state index in [1.807, 2.05) is 45.0 Å². The highest BCUT2D eigenvalue weighted by Crippen LogP contribution is 2.24. The van der Waals surface area contributed by atoms with Crippen LogP contribution in [0.25, 0.3) is 0 Å². The monoisotopic (exact) mass is 374 g/mol. The van der Waals surface area contributed by atoms with Gasteiger partial charge in [0, 0.05) is 19.7 Å². The van der Waals surface area contributed by atoms with Gasteiger partial charge in [0.2, 0.25) is 10.0 Å². The Morgan fingerprint density at radius 1 is 1.04 bits per heavy atom. The van der Waals surface area contributed by atoms with Crippen molar-refractivity contribution in [2.24, 2.45) is 0 Å². The SMILES string of the molecule is Cc1ccc(C(C)NC(=O)c2cc(C)c(C)c(S(=O)(=O)N(C)C)c2)cc1. The van der Waals surface area contributed by atoms with Gasteiger partial charge in [-0.3, -0.25) is 4.79 Å². The van der Waals surface area contributed by atoms with Crippen molar-refractivity contribution in [3.05, 3.63) is 64.2 Å². The first-order valence-corrected chi connectivity index (χ1v) is 9.89. The maximum atomic E-state index is 12.7. The molecule has 6 heteroatoms. The Labute approximate surface area is 156 Å². The lowest BCUT2D eigenvalue weighted by molar-refractivity contribution is 0.0939. The number of amides is 1. The molecule has 0 saturated heterocycles. The predicted octanol–water partition coefficient (Wildman–Crippen LogP) is 3.35. The average Bonchev–Trinajstić information content (AvgIpc) is 2.57. The molecule has 0 saturated carbocycles. The molecular weight excluding hydrogens is 348 g/mol. The fourth-order valence-corrected chi connectivity index (χ4v) is 3.86. The number of nitrogens with one attached hydrogen (secondary N) is 1. The topological polar surface area (TPSA) is 66.5 Å². The van der Waals surface area contributed by atoms with Crippen molar-refractivity contribution in [3.8, 4) is 0 Å². The molecule has 26 heavy (non-hydrogen) atoms. The van der Waals surface area contributed by atoms with E-state index in [2.05, 4.69) is 5.32 Å². The molecule has 5 nitrogen and oxygen atoms in total. The third-order valence-electron chi connectivity index (χ3n) is 4.57. The second kappa shape index (κ2) is 7.60. The first-order valence-electron chi connectivity index (χ1n) is 8.45. The largest absolute Gasteiger partial charge is 0.346 e. The molecule has 1 atom stereocenters. The Morgan fingerprint density at radius 2 is 1.62 bits per heavy atom. The number of rotatable bonds is 5. The molecule has 0 bridgehead atoms. The molecule has 0 fully saturated rings. The Kier molecular flexibility index (Phi) is 5.88. The maximum absolute atomic E-state index is 12.7. The van der Waals surface area contributed by atoms with E-state index >= 15 is 0 Å². The molecule has 0 radical (unpaired) electrons. The molecule has 1 N–H and O–H groups in total. The third-order valence-corrected chi connectivity index (χ3v) is 6.51. The van der Waals surface area contributed by atoms with Crippen LogP contribution in [0, 0.1) is 20.8 Å². The molecule has 0 aliphatic heterocycles. The molecule has 0 heterocycles. The Hall–Kier alpha value is -2.18. The Morgan fingerprint density at radius 3 is 2.15 bits per heavy atom. The Bertz CT molecular complexity index is 917. The van der Waals surface area contributed by atoms with E-state index in [1.54, 1.807) is 13.0 Å². The zero-order chi connectivity index (χ0) is 19.6. The summed E-state index contributed by atoms with van der Waals surface area (Å²) in [6.07, 6.45) is 0. The van der Waals surface area contributed by atoms with Crippen LogP contribution >= 0.6 is 0 Å². The van der Waals surface area contributed by atoms with E-state index in [9.17, 15) is 13.2 Å². The highest BCUT2D eigenvalue weighted by atomic mass is 32.2. The minimum absolute atomic E-state index is 0.163. The summed E-state index contributed by atoms with van der Waals surface area (Å²) >= 11 is 0. The van der Waals surface area contributed by atoms with Gasteiger partial charge in [-0.05, 0) is 56.5 Å². The average molecular weight is 375 g/mol. The number of carbonyl (C=O) groups excluding carboxylic acids is 1. The van der Waals surface area contributed by atoms with Gasteiger partial charge in [0.05, 0.1) is 10.9 Å². The fourth-order valence-electron chi connectivity index (χ4n) is 2.64. The van der Waals surface area contributed by atoms with Crippen LogP contribution < -0.4 is 5.32 Å². The summed E-state index contributed by atoms with van der Waals surface area (Å²) in [6, 6.07) is 10.9. The van der Waals surface area contributed by atoms with E-state index in [-0.39, 0.29) is 16.8 Å². The molecular formula is C20H26N2O3S. The Balaban J connectivity index is 2.35. The van der Waals surface area contributed by atoms with E-state index < -0.39 is 10.0 Å². The number of hydrogen-bond acceptors (Lipinski definition) is 3. The second-order valence-corrected chi connectivity index (χ2v) is 8.93. The lowest BCUT2D eigenvalue weighted by atomic mass is 10.0. The molecule has 0 spiro atoms. The predicted molar refractivity (Wildman–Crippen MR) is 104 cm³/mol. The quantitative estimate of drug-likeness (QED) is 0.873. The lowest BCUT2D eigenvalue weighted by Crippen LogP contribution is -2.28. The van der Waals surface area contributed by atoms with E-state index in [0.717, 1.165) is 21.0 Å². The number of sulfonamides is 1. The van der Waals surface area contributed by atoms with Crippen LogP contribution in [-0.4, -0.2) is 32.7 Å². The summed E-state index contributed by atoms with van der Waals surface area (Å²) in [5.74, 6) is -0.295. The van der Waals surface area contributed by atoms with Gasteiger partial charge in [-0.1, -0.05) is 29.8 Å². The van der Waals surface area contributed by atoms with Crippen LogP contribution in [0.3, 0.4) is 0 Å². The van der Waals surface area contributed by atoms with E-state index in [4.69, 9.17) is 0 Å². The van der Waals surface area contributed by atoms with Crippen LogP contribution in [0.15, 0.2) is 41.3 Å². The van der Waals surface area contributed by atoms with Crippen molar-refractivity contribution in [3.63, 3.8) is 0 Å². The minimum Gasteiger partial charge on any atom is -0.346 e. The molecule has 2 aromatic rings. The normalized spacial score (nSPS) is 12.9. The molecule has 1 amide bonds. The van der Waals surface area contributed by atoms with Gasteiger partial charge in [0.1, 0.15) is 0 Å². The van der Waals surface area contributed by atoms with Crippen LogP contribution in [0.4, 0.5) is 0 Å². The van der Waals surface area contributed by atoms with Gasteiger partial charge >= 0.3 is 0 Å². The molecule has 1 unspecified atom stereocenters. The summed E-state index contributed by atoms with van der Waals surface area (Å²) in [5, 5.41) is 2.94. The zero-order valence-corrected chi connectivity index (χ0v) is 16.9. The van der Waals surface area contributed by atoms with Gasteiger partial charge in [-0.25, -0.2) is 12.7 Å². The number of benzene rings is 2. The van der Waals surface area contributed by atoms with E-state index in [1.165, 1.54) is 20.2 Å². The highest BCUT2D eigenvalue weighted by Gasteiger charge is 2.23. The summed E-state index contributed by atoms with van der Waals surface area (Å²) in [7, 11) is -0.653. The zero-order valence-electron chi connectivity index (χ0n) is 16.1. The maximum Gasteiger partial charge on any atom is 0.251 e. The minimum atomic E-state index is -3.62. The van der Waals surface area contributed by atoms with Crippen LogP contribution in [0.5, 0.6) is 0 Å². The van der Waals surface area contributed by atoms with Crippen LogP contribution in [-0.2, 0) is 10.0 Å². The summed E-state index contributed by atoms with van der Waals surface area (Å²) in [4.78, 5) is 12.9. The number of aryl methyl sites for hydroxylation is 2. The van der Waals surface area contributed by atoms with Crippen LogP contribution in [0.2, 0.25) is 0 Å². The van der Waals surface area contributed by atoms with Crippen molar-refractivity contribution in [2.75, 3.05) is 14.1 Å². The summed E-state index contributed by atoms with van der Waals surface area (Å²) < 4.78 is 26.3. The van der Waals surface area contributed by atoms with Gasteiger partial charge in [0.15, 0.2) is 0 Å². The van der Waals surface area contributed by atoms with Crippen molar-refractivity contribution in [1.29, 1.82) is 0 Å². The number of nitrogens with zero attached hydrogens (tertiary/aromatic N) is 1. The third kappa shape index (κ3) is 4.14. The molecule has 0 aliphatic carbocycles. The summed E-state index contributed by atoms with van der Waals surface area (Å²) in [5.41, 5.74) is 3.91. The van der Waals surface area contributed by atoms with Gasteiger partial charge < -0.3 is 5.32 Å². The fraction of sp³-hybridized carbons (Fsp3) is 0.350. The lowest BCUT2D eigenvalue weighted by Gasteiger charge is -2.18. The second-order valence-electron chi connectivity index (χ2n) is 6.81. The smallest absolute Gasteiger partial charge is 0.251 e. The van der Waals surface area contributed by atoms with Crippen molar-refractivity contribution in [1.82, 2.24) is 9.62 Å². The van der Waals surface area contributed by atoms with Gasteiger partial charge in [-0.15, -0.1) is 0 Å². The van der Waals surface area contributed by atoms with Crippen LogP contribution in [0.1, 0.15) is 45.6 Å². The highest BCUT2D eigenvalue weighted by molar-refractivity contribution is 7.89. The molecule has 140 valence electrons. The number of carbonyl (C=O) groups is 1. The first-order chi connectivity index (χ1) is 12.0.